The SMILES string of the molecule is C#CC(=O)NC1CCCCC1. The van der Waals surface area contributed by atoms with Crippen molar-refractivity contribution in [1.82, 2.24) is 5.32 Å². The minimum absolute atomic E-state index is 0.267. The molecule has 1 fully saturated rings. The van der Waals surface area contributed by atoms with Crippen LogP contribution in [0.25, 0.3) is 0 Å². The number of carbonyl (C=O) groups is 1. The molecule has 0 spiro atoms. The van der Waals surface area contributed by atoms with Gasteiger partial charge < -0.3 is 5.32 Å². The fourth-order valence-corrected chi connectivity index (χ4v) is 1.47. The van der Waals surface area contributed by atoms with Crippen LogP contribution in [0, 0.1) is 12.3 Å². The predicted molar refractivity (Wildman–Crippen MR) is 43.8 cm³/mol. The highest BCUT2D eigenvalue weighted by atomic mass is 16.1. The Balaban J connectivity index is 2.25. The van der Waals surface area contributed by atoms with Crippen LogP contribution in [0.3, 0.4) is 0 Å². The van der Waals surface area contributed by atoms with Crippen molar-refractivity contribution in [2.75, 3.05) is 0 Å². The van der Waals surface area contributed by atoms with Gasteiger partial charge in [-0.15, -0.1) is 6.42 Å². The molecule has 2 nitrogen and oxygen atoms in total. The molecule has 1 aliphatic rings. The Kier molecular flexibility index (Phi) is 2.97. The molecular formula is C9H13NO. The smallest absolute Gasteiger partial charge is 0.295 e. The van der Waals surface area contributed by atoms with Crippen LogP contribution in [0.4, 0.5) is 0 Å². The number of terminal acetylenes is 1. The standard InChI is InChI=1S/C9H13NO/c1-2-9(11)10-8-6-4-3-5-7-8/h1,8H,3-7H2,(H,10,11). The van der Waals surface area contributed by atoms with E-state index in [0.717, 1.165) is 12.8 Å². The summed E-state index contributed by atoms with van der Waals surface area (Å²) in [6, 6.07) is 0.340. The van der Waals surface area contributed by atoms with Gasteiger partial charge in [-0.2, -0.15) is 0 Å². The maximum atomic E-state index is 10.7. The lowest BCUT2D eigenvalue weighted by Crippen LogP contribution is -2.35. The van der Waals surface area contributed by atoms with Gasteiger partial charge in [0, 0.05) is 6.04 Å². The highest BCUT2D eigenvalue weighted by Gasteiger charge is 2.13. The van der Waals surface area contributed by atoms with E-state index in [2.05, 4.69) is 11.2 Å². The van der Waals surface area contributed by atoms with Gasteiger partial charge in [-0.3, -0.25) is 4.79 Å². The molecule has 1 rings (SSSR count). The molecule has 2 heteroatoms. The van der Waals surface area contributed by atoms with Gasteiger partial charge in [-0.05, 0) is 18.8 Å². The highest BCUT2D eigenvalue weighted by molar-refractivity contribution is 5.92. The van der Waals surface area contributed by atoms with Gasteiger partial charge in [0.15, 0.2) is 0 Å². The van der Waals surface area contributed by atoms with Crippen molar-refractivity contribution in [2.45, 2.75) is 38.1 Å². The van der Waals surface area contributed by atoms with Crippen LogP contribution in [0.2, 0.25) is 0 Å². The number of nitrogens with one attached hydrogen (secondary N) is 1. The molecule has 1 amide bonds. The highest BCUT2D eigenvalue weighted by Crippen LogP contribution is 2.16. The van der Waals surface area contributed by atoms with Crippen LogP contribution in [-0.4, -0.2) is 11.9 Å². The summed E-state index contributed by atoms with van der Waals surface area (Å²) < 4.78 is 0. The van der Waals surface area contributed by atoms with Crippen LogP contribution < -0.4 is 5.32 Å². The first kappa shape index (κ1) is 8.13. The minimum Gasteiger partial charge on any atom is -0.343 e. The third-order valence-electron chi connectivity index (χ3n) is 2.07. The molecule has 0 aromatic carbocycles. The molecule has 0 bridgehead atoms. The van der Waals surface area contributed by atoms with Gasteiger partial charge in [-0.1, -0.05) is 19.3 Å². The molecular weight excluding hydrogens is 138 g/mol. The largest absolute Gasteiger partial charge is 0.343 e. The summed E-state index contributed by atoms with van der Waals surface area (Å²) in [6.07, 6.45) is 10.8. The number of carbonyl (C=O) groups excluding carboxylic acids is 1. The van der Waals surface area contributed by atoms with Gasteiger partial charge in [0.05, 0.1) is 0 Å². The second-order valence-electron chi connectivity index (χ2n) is 2.95. The Morgan fingerprint density at radius 2 is 2.00 bits per heavy atom. The molecule has 0 radical (unpaired) electrons. The van der Waals surface area contributed by atoms with E-state index in [-0.39, 0.29) is 5.91 Å². The maximum absolute atomic E-state index is 10.7. The van der Waals surface area contributed by atoms with Crippen LogP contribution in [0.5, 0.6) is 0 Å². The van der Waals surface area contributed by atoms with Crippen LogP contribution in [-0.2, 0) is 4.79 Å². The average molecular weight is 151 g/mol. The summed E-state index contributed by atoms with van der Waals surface area (Å²) in [5.41, 5.74) is 0. The second kappa shape index (κ2) is 4.02. The lowest BCUT2D eigenvalue weighted by Gasteiger charge is -2.21. The fraction of sp³-hybridized carbons (Fsp3) is 0.667. The van der Waals surface area contributed by atoms with E-state index >= 15 is 0 Å². The van der Waals surface area contributed by atoms with Crippen molar-refractivity contribution in [2.24, 2.45) is 0 Å². The Morgan fingerprint density at radius 1 is 1.36 bits per heavy atom. The molecule has 0 heterocycles. The first-order valence-electron chi connectivity index (χ1n) is 4.10. The second-order valence-corrected chi connectivity index (χ2v) is 2.95. The lowest BCUT2D eigenvalue weighted by atomic mass is 9.95. The van der Waals surface area contributed by atoms with Crippen LogP contribution >= 0.6 is 0 Å². The lowest BCUT2D eigenvalue weighted by molar-refractivity contribution is -0.116. The van der Waals surface area contributed by atoms with E-state index in [4.69, 9.17) is 6.42 Å². The predicted octanol–water partition coefficient (Wildman–Crippen LogP) is 1.07. The molecule has 60 valence electrons. The molecule has 0 aliphatic heterocycles. The first-order valence-corrected chi connectivity index (χ1v) is 4.10. The molecule has 0 aromatic rings. The van der Waals surface area contributed by atoms with Crippen molar-refractivity contribution >= 4 is 5.91 Å². The van der Waals surface area contributed by atoms with E-state index in [1.807, 2.05) is 0 Å². The summed E-state index contributed by atoms with van der Waals surface area (Å²) in [6.45, 7) is 0. The zero-order valence-electron chi connectivity index (χ0n) is 6.60. The average Bonchev–Trinajstić information content (AvgIpc) is 2.06. The van der Waals surface area contributed by atoms with Crippen LogP contribution in [0.1, 0.15) is 32.1 Å². The van der Waals surface area contributed by atoms with E-state index in [0.29, 0.717) is 6.04 Å². The maximum Gasteiger partial charge on any atom is 0.295 e. The summed E-state index contributed by atoms with van der Waals surface area (Å²) in [5, 5.41) is 2.79. The van der Waals surface area contributed by atoms with Gasteiger partial charge >= 0.3 is 0 Å². The number of rotatable bonds is 1. The molecule has 1 saturated carbocycles. The Morgan fingerprint density at radius 3 is 2.55 bits per heavy atom. The third-order valence-corrected chi connectivity index (χ3v) is 2.07. The van der Waals surface area contributed by atoms with E-state index in [9.17, 15) is 4.79 Å². The normalized spacial score (nSPS) is 18.8. The molecule has 0 aromatic heterocycles. The topological polar surface area (TPSA) is 29.1 Å². The molecule has 11 heavy (non-hydrogen) atoms. The fourth-order valence-electron chi connectivity index (χ4n) is 1.47. The van der Waals surface area contributed by atoms with Crippen molar-refractivity contribution in [3.8, 4) is 12.3 Å². The Hall–Kier alpha value is -0.970. The molecule has 0 unspecified atom stereocenters. The summed E-state index contributed by atoms with van der Waals surface area (Å²) in [5.74, 6) is 1.80. The van der Waals surface area contributed by atoms with Crippen molar-refractivity contribution in [3.63, 3.8) is 0 Å². The van der Waals surface area contributed by atoms with Gasteiger partial charge in [0.1, 0.15) is 0 Å². The van der Waals surface area contributed by atoms with Gasteiger partial charge in [-0.25, -0.2) is 0 Å². The monoisotopic (exact) mass is 151 g/mol. The number of amides is 1. The molecule has 1 N–H and O–H groups in total. The van der Waals surface area contributed by atoms with Crippen LogP contribution in [0.15, 0.2) is 0 Å². The Labute approximate surface area is 67.4 Å². The summed E-state index contributed by atoms with van der Waals surface area (Å²) >= 11 is 0. The Bertz CT molecular complexity index is 174. The molecule has 0 atom stereocenters. The van der Waals surface area contributed by atoms with Crippen molar-refractivity contribution < 1.29 is 4.79 Å². The zero-order valence-corrected chi connectivity index (χ0v) is 6.60. The summed E-state index contributed by atoms with van der Waals surface area (Å²) in [4.78, 5) is 10.7. The number of hydrogen-bond donors (Lipinski definition) is 1. The molecule has 1 aliphatic carbocycles. The van der Waals surface area contributed by atoms with Crippen molar-refractivity contribution in [3.05, 3.63) is 0 Å². The van der Waals surface area contributed by atoms with Crippen molar-refractivity contribution in [1.29, 1.82) is 0 Å². The van der Waals surface area contributed by atoms with Gasteiger partial charge in [0.25, 0.3) is 5.91 Å². The van der Waals surface area contributed by atoms with E-state index in [1.165, 1.54) is 19.3 Å². The van der Waals surface area contributed by atoms with Gasteiger partial charge in [0.2, 0.25) is 0 Å². The number of hydrogen-bond acceptors (Lipinski definition) is 1. The minimum atomic E-state index is -0.267. The first-order chi connectivity index (χ1) is 5.33. The quantitative estimate of drug-likeness (QED) is 0.558. The van der Waals surface area contributed by atoms with E-state index < -0.39 is 0 Å². The van der Waals surface area contributed by atoms with E-state index in [1.54, 1.807) is 0 Å². The third kappa shape index (κ3) is 2.63. The molecule has 0 saturated heterocycles. The summed E-state index contributed by atoms with van der Waals surface area (Å²) in [7, 11) is 0. The zero-order chi connectivity index (χ0) is 8.10.